The molecule has 2 aromatic heterocycles. The Kier molecular flexibility index (Phi) is 5.48. The minimum absolute atomic E-state index is 0.0794. The van der Waals surface area contributed by atoms with Crippen LogP contribution in [0, 0.1) is 11.6 Å². The molecule has 2 fully saturated rings. The average molecular weight is 502 g/mol. The van der Waals surface area contributed by atoms with E-state index in [9.17, 15) is 18.4 Å². The van der Waals surface area contributed by atoms with Crippen LogP contribution in [0.4, 0.5) is 25.5 Å². The van der Waals surface area contributed by atoms with Crippen molar-refractivity contribution in [3.63, 3.8) is 0 Å². The van der Waals surface area contributed by atoms with Crippen molar-refractivity contribution in [1.29, 1.82) is 0 Å². The molecule has 0 radical (unpaired) electrons. The second-order valence-electron chi connectivity index (χ2n) is 8.76. The van der Waals surface area contributed by atoms with Crippen LogP contribution in [0.1, 0.15) is 24.0 Å². The number of urea groups is 1. The highest BCUT2D eigenvalue weighted by molar-refractivity contribution is 6.14. The molecule has 1 saturated heterocycles. The van der Waals surface area contributed by atoms with Gasteiger partial charge in [0.2, 0.25) is 11.9 Å². The second-order valence-corrected chi connectivity index (χ2v) is 8.76. The molecule has 4 aromatic rings. The molecule has 1 saturated carbocycles. The number of hydrogen-bond donors (Lipinski definition) is 4. The molecule has 10 nitrogen and oxygen atoms in total. The molecule has 0 spiro atoms. The average Bonchev–Trinajstić information content (AvgIpc) is 3.51. The normalized spacial score (nSPS) is 16.2. The lowest BCUT2D eigenvalue weighted by Gasteiger charge is -2.13. The number of nitrogens with one attached hydrogen (secondary N) is 4. The number of rotatable bonds is 7. The van der Waals surface area contributed by atoms with Crippen LogP contribution in [0.25, 0.3) is 22.9 Å². The Morgan fingerprint density at radius 2 is 1.89 bits per heavy atom. The number of carbonyl (C=O) groups is 2. The molecule has 4 N–H and O–H groups in total. The number of carbonyl (C=O) groups excluding carboxylic acids is 2. The van der Waals surface area contributed by atoms with Crippen LogP contribution in [-0.2, 0) is 11.3 Å². The van der Waals surface area contributed by atoms with Gasteiger partial charge in [0, 0.05) is 18.2 Å². The van der Waals surface area contributed by atoms with E-state index >= 15 is 0 Å². The fourth-order valence-electron chi connectivity index (χ4n) is 4.02. The van der Waals surface area contributed by atoms with Crippen molar-refractivity contribution >= 4 is 35.6 Å². The third-order valence-electron chi connectivity index (χ3n) is 5.97. The Morgan fingerprint density at radius 1 is 1.05 bits per heavy atom. The first kappa shape index (κ1) is 22.6. The molecule has 1 aliphatic heterocycles. The van der Waals surface area contributed by atoms with Crippen LogP contribution in [0.3, 0.4) is 0 Å². The van der Waals surface area contributed by atoms with Gasteiger partial charge in [-0.25, -0.2) is 13.6 Å². The van der Waals surface area contributed by atoms with E-state index in [0.717, 1.165) is 12.8 Å². The number of benzene rings is 2. The highest BCUT2D eigenvalue weighted by atomic mass is 19.1. The molecule has 3 amide bonds. The van der Waals surface area contributed by atoms with Gasteiger partial charge < -0.3 is 16.0 Å². The van der Waals surface area contributed by atoms with Gasteiger partial charge in [-0.2, -0.15) is 19.6 Å². The zero-order valence-electron chi connectivity index (χ0n) is 19.3. The van der Waals surface area contributed by atoms with Crippen molar-refractivity contribution in [1.82, 2.24) is 30.2 Å². The molecule has 0 unspecified atom stereocenters. The number of amides is 3. The van der Waals surface area contributed by atoms with Gasteiger partial charge in [-0.05, 0) is 59.9 Å². The van der Waals surface area contributed by atoms with Crippen LogP contribution in [-0.4, -0.2) is 37.6 Å². The minimum Gasteiger partial charge on any atom is -0.351 e. The van der Waals surface area contributed by atoms with Crippen LogP contribution >= 0.6 is 0 Å². The van der Waals surface area contributed by atoms with Crippen molar-refractivity contribution in [3.05, 3.63) is 77.1 Å². The van der Waals surface area contributed by atoms with Gasteiger partial charge in [0.15, 0.2) is 5.65 Å². The summed E-state index contributed by atoms with van der Waals surface area (Å²) in [5.41, 5.74) is 2.79. The maximum Gasteiger partial charge on any atom is 0.326 e. The van der Waals surface area contributed by atoms with Crippen molar-refractivity contribution in [2.45, 2.75) is 25.4 Å². The number of hydrogen-bond acceptors (Lipinski definition) is 7. The number of anilines is 2. The molecular weight excluding hydrogens is 482 g/mol. The highest BCUT2D eigenvalue weighted by Crippen LogP contribution is 2.28. The van der Waals surface area contributed by atoms with Crippen molar-refractivity contribution < 1.29 is 18.4 Å². The Balaban J connectivity index is 1.35. The van der Waals surface area contributed by atoms with E-state index in [1.807, 2.05) is 0 Å². The van der Waals surface area contributed by atoms with Crippen LogP contribution in [0.2, 0.25) is 0 Å². The maximum atomic E-state index is 14.1. The summed E-state index contributed by atoms with van der Waals surface area (Å²) < 4.78 is 29.4. The quantitative estimate of drug-likeness (QED) is 0.225. The van der Waals surface area contributed by atoms with E-state index in [1.165, 1.54) is 41.1 Å². The van der Waals surface area contributed by atoms with E-state index in [2.05, 4.69) is 36.3 Å². The van der Waals surface area contributed by atoms with Gasteiger partial charge in [-0.15, -0.1) is 0 Å². The fourth-order valence-corrected chi connectivity index (χ4v) is 4.02. The van der Waals surface area contributed by atoms with Gasteiger partial charge in [0.1, 0.15) is 17.3 Å². The molecular formula is C25H20F2N8O2. The Morgan fingerprint density at radius 3 is 2.65 bits per heavy atom. The van der Waals surface area contributed by atoms with Gasteiger partial charge in [0.05, 0.1) is 6.20 Å². The Labute approximate surface area is 208 Å². The zero-order chi connectivity index (χ0) is 25.5. The number of halogens is 2. The number of fused-ring (bicyclic) bond motifs is 1. The highest BCUT2D eigenvalue weighted by Gasteiger charge is 2.26. The summed E-state index contributed by atoms with van der Waals surface area (Å²) in [6.07, 6.45) is 5.03. The first-order valence-electron chi connectivity index (χ1n) is 11.6. The summed E-state index contributed by atoms with van der Waals surface area (Å²) in [6, 6.07) is 9.96. The van der Waals surface area contributed by atoms with Gasteiger partial charge in [0.25, 0.3) is 5.91 Å². The smallest absolute Gasteiger partial charge is 0.326 e. The predicted molar refractivity (Wildman–Crippen MR) is 131 cm³/mol. The third kappa shape index (κ3) is 4.68. The van der Waals surface area contributed by atoms with Crippen molar-refractivity contribution in [3.8, 4) is 11.1 Å². The Hall–Kier alpha value is -4.87. The molecule has 1 aliphatic carbocycles. The third-order valence-corrected chi connectivity index (χ3v) is 5.97. The minimum atomic E-state index is -0.603. The lowest BCUT2D eigenvalue weighted by atomic mass is 9.99. The summed E-state index contributed by atoms with van der Waals surface area (Å²) in [7, 11) is 0. The predicted octanol–water partition coefficient (Wildman–Crippen LogP) is 3.44. The summed E-state index contributed by atoms with van der Waals surface area (Å²) in [5.74, 6) is -0.667. The first-order valence-corrected chi connectivity index (χ1v) is 11.6. The molecule has 2 aromatic carbocycles. The monoisotopic (exact) mass is 502 g/mol. The van der Waals surface area contributed by atoms with Crippen molar-refractivity contribution in [2.24, 2.45) is 0 Å². The van der Waals surface area contributed by atoms with E-state index in [0.29, 0.717) is 33.8 Å². The molecule has 186 valence electrons. The topological polar surface area (TPSA) is 125 Å². The molecule has 0 bridgehead atoms. The van der Waals surface area contributed by atoms with Gasteiger partial charge >= 0.3 is 6.03 Å². The second kappa shape index (κ2) is 8.97. The molecule has 3 heterocycles. The lowest BCUT2D eigenvalue weighted by molar-refractivity contribution is -0.115. The molecule has 37 heavy (non-hydrogen) atoms. The maximum absolute atomic E-state index is 14.1. The summed E-state index contributed by atoms with van der Waals surface area (Å²) >= 11 is 0. The summed E-state index contributed by atoms with van der Waals surface area (Å²) in [6.45, 7) is 0.230. The first-order chi connectivity index (χ1) is 17.9. The number of imide groups is 1. The van der Waals surface area contributed by atoms with Gasteiger partial charge in [-0.3, -0.25) is 10.1 Å². The largest absolute Gasteiger partial charge is 0.351 e. The van der Waals surface area contributed by atoms with Crippen LogP contribution < -0.4 is 21.3 Å². The molecule has 2 aliphatic rings. The lowest BCUT2D eigenvalue weighted by Crippen LogP contribution is -2.22. The van der Waals surface area contributed by atoms with Crippen LogP contribution in [0.15, 0.2) is 54.4 Å². The molecule has 12 heteroatoms. The SMILES string of the molecule is O=C1NC(=O)/C(=C/c2cnn3c(NC4CC4)nc(NCc4ccc(F)cc4-c4cccc(F)c4)nc23)N1. The molecule has 0 atom stereocenters. The molecule has 6 rings (SSSR count). The van der Waals surface area contributed by atoms with E-state index < -0.39 is 23.6 Å². The summed E-state index contributed by atoms with van der Waals surface area (Å²) in [5, 5.41) is 15.4. The van der Waals surface area contributed by atoms with E-state index in [1.54, 1.807) is 18.2 Å². The Bertz CT molecular complexity index is 1600. The van der Waals surface area contributed by atoms with Gasteiger partial charge in [-0.1, -0.05) is 18.2 Å². The zero-order valence-corrected chi connectivity index (χ0v) is 19.3. The fraction of sp³-hybridized carbons (Fsp3) is 0.160. The summed E-state index contributed by atoms with van der Waals surface area (Å²) in [4.78, 5) is 32.6. The number of nitrogens with zero attached hydrogens (tertiary/aromatic N) is 4. The van der Waals surface area contributed by atoms with E-state index in [4.69, 9.17) is 0 Å². The van der Waals surface area contributed by atoms with Crippen molar-refractivity contribution in [2.75, 3.05) is 10.6 Å². The van der Waals surface area contributed by atoms with Crippen LogP contribution in [0.5, 0.6) is 0 Å². The number of aromatic nitrogens is 4. The standard InChI is InChI=1S/C25H20F2N8O2/c26-16-3-1-2-13(8-16)19-10-17(27)5-4-14(19)11-28-23-32-21-15(9-20-22(36)33-25(37)31-20)12-29-35(21)24(34-23)30-18-6-7-18/h1-5,8-10,12,18H,6-7,11H2,(H2,28,30,32,34)(H2,31,33,36,37)/b20-9-. The van der Waals surface area contributed by atoms with E-state index in [-0.39, 0.29) is 24.2 Å².